The molecule has 0 radical (unpaired) electrons. The molecule has 0 aliphatic carbocycles. The number of aromatic nitrogens is 8. The van der Waals surface area contributed by atoms with E-state index in [1.807, 2.05) is 66.9 Å². The second-order valence-electron chi connectivity index (χ2n) is 20.3. The van der Waals surface area contributed by atoms with E-state index in [2.05, 4.69) is 231 Å². The summed E-state index contributed by atoms with van der Waals surface area (Å²) in [4.78, 5) is 15.3. The van der Waals surface area contributed by atoms with Gasteiger partial charge in [-0.2, -0.15) is 5.10 Å². The molecule has 374 valence electrons. The Morgan fingerprint density at radius 3 is 1.30 bits per heavy atom. The van der Waals surface area contributed by atoms with Crippen LogP contribution in [0.25, 0.3) is 145 Å². The lowest BCUT2D eigenvalue weighted by Crippen LogP contribution is -2.01. The highest BCUT2D eigenvalue weighted by Gasteiger charge is 2.22. The number of para-hydroxylation sites is 2. The normalized spacial score (nSPS) is 11.8. The van der Waals surface area contributed by atoms with Crippen LogP contribution in [0, 0.1) is 0 Å². The molecule has 8 nitrogen and oxygen atoms in total. The van der Waals surface area contributed by atoms with Crippen LogP contribution >= 0.6 is 0 Å². The fourth-order valence-corrected chi connectivity index (χ4v) is 12.0. The fourth-order valence-electron chi connectivity index (χ4n) is 12.0. The molecule has 0 unspecified atom stereocenters. The minimum absolute atomic E-state index is 0.595. The van der Waals surface area contributed by atoms with Gasteiger partial charge in [-0.3, -0.25) is 0 Å². The first-order chi connectivity index (χ1) is 39.7. The van der Waals surface area contributed by atoms with Gasteiger partial charge in [0.25, 0.3) is 0 Å². The maximum absolute atomic E-state index is 5.15. The molecular formula is C72H46N8. The zero-order chi connectivity index (χ0) is 52.7. The van der Waals surface area contributed by atoms with Crippen molar-refractivity contribution in [2.24, 2.45) is 0 Å². The Bertz CT molecular complexity index is 4980. The summed E-state index contributed by atoms with van der Waals surface area (Å²) in [5, 5.41) is 12.1. The monoisotopic (exact) mass is 1020 g/mol. The summed E-state index contributed by atoms with van der Waals surface area (Å²) < 4.78 is 9.18. The third-order valence-corrected chi connectivity index (χ3v) is 15.7. The highest BCUT2D eigenvalue weighted by Crippen LogP contribution is 2.43. The number of hydrogen-bond donors (Lipinski definition) is 0. The van der Waals surface area contributed by atoms with Gasteiger partial charge in [0.05, 0.1) is 45.0 Å². The van der Waals surface area contributed by atoms with Gasteiger partial charge in [-0.1, -0.05) is 170 Å². The summed E-state index contributed by atoms with van der Waals surface area (Å²) in [6.45, 7) is 0. The van der Waals surface area contributed by atoms with Gasteiger partial charge in [0.1, 0.15) is 0 Å². The molecule has 11 aromatic carbocycles. The highest BCUT2D eigenvalue weighted by molar-refractivity contribution is 6.21. The van der Waals surface area contributed by atoms with Crippen molar-refractivity contribution in [3.8, 4) is 79.2 Å². The Kier molecular flexibility index (Phi) is 10.4. The number of hydrogen-bond acceptors (Lipinski definition) is 4. The van der Waals surface area contributed by atoms with Crippen LogP contribution in [0.3, 0.4) is 0 Å². The van der Waals surface area contributed by atoms with E-state index in [9.17, 15) is 0 Å². The predicted molar refractivity (Wildman–Crippen MR) is 327 cm³/mol. The third-order valence-electron chi connectivity index (χ3n) is 15.7. The van der Waals surface area contributed by atoms with E-state index in [0.717, 1.165) is 99.9 Å². The first-order valence-electron chi connectivity index (χ1n) is 26.9. The van der Waals surface area contributed by atoms with E-state index in [4.69, 9.17) is 20.1 Å². The van der Waals surface area contributed by atoms with E-state index < -0.39 is 0 Å². The van der Waals surface area contributed by atoms with Crippen molar-refractivity contribution in [3.05, 3.63) is 279 Å². The lowest BCUT2D eigenvalue weighted by Gasteiger charge is -2.12. The van der Waals surface area contributed by atoms with E-state index in [1.165, 1.54) is 27.2 Å². The summed E-state index contributed by atoms with van der Waals surface area (Å²) in [5.74, 6) is 1.83. The Labute approximate surface area is 460 Å². The van der Waals surface area contributed by atoms with Gasteiger partial charge in [-0.15, -0.1) is 0 Å². The molecule has 16 aromatic rings. The third kappa shape index (κ3) is 7.38. The molecule has 8 heteroatoms. The van der Waals surface area contributed by atoms with Gasteiger partial charge < -0.3 is 13.7 Å². The topological polar surface area (TPSA) is 71.3 Å². The van der Waals surface area contributed by atoms with Crippen molar-refractivity contribution in [2.45, 2.75) is 0 Å². The van der Waals surface area contributed by atoms with Crippen LogP contribution in [-0.4, -0.2) is 38.4 Å². The molecule has 5 heterocycles. The Morgan fingerprint density at radius 2 is 0.688 bits per heavy atom. The molecule has 0 fully saturated rings. The first kappa shape index (κ1) is 45.3. The molecule has 0 spiro atoms. The number of nitrogens with zero attached hydrogens (tertiary/aromatic N) is 8. The molecule has 0 saturated heterocycles. The lowest BCUT2D eigenvalue weighted by atomic mass is 10.00. The quantitative estimate of drug-likeness (QED) is 0.144. The Balaban J connectivity index is 0.894. The molecule has 0 amide bonds. The molecule has 0 bridgehead atoms. The van der Waals surface area contributed by atoms with E-state index in [-0.39, 0.29) is 0 Å². The van der Waals surface area contributed by atoms with Gasteiger partial charge in [-0.25, -0.2) is 19.6 Å². The summed E-state index contributed by atoms with van der Waals surface area (Å²) >= 11 is 0. The van der Waals surface area contributed by atoms with Crippen molar-refractivity contribution in [3.63, 3.8) is 0 Å². The molecule has 16 rings (SSSR count). The van der Waals surface area contributed by atoms with Crippen LogP contribution in [0.1, 0.15) is 0 Å². The molecule has 0 atom stereocenters. The van der Waals surface area contributed by atoms with Crippen LogP contribution in [-0.2, 0) is 0 Å². The molecule has 80 heavy (non-hydrogen) atoms. The SMILES string of the molecule is c1ccc(-c2cccc(-n3ncc4c3ccc3c5cc(-c6ccc7c(c6)c6ccc8c(ccn8-c8ccccc8)c6n7-c6ccccc6)ccc5n(-c5cccc(-c6nc(-c7ccccc7)nc(-c7ccccc7)n6)c5)c34)c2)cc1. The summed E-state index contributed by atoms with van der Waals surface area (Å²) in [7, 11) is 0. The summed E-state index contributed by atoms with van der Waals surface area (Å²) in [5.41, 5.74) is 18.2. The van der Waals surface area contributed by atoms with Crippen LogP contribution in [0.15, 0.2) is 279 Å². The van der Waals surface area contributed by atoms with Crippen LogP contribution in [0.5, 0.6) is 0 Å². The van der Waals surface area contributed by atoms with Crippen molar-refractivity contribution in [1.82, 2.24) is 38.4 Å². The highest BCUT2D eigenvalue weighted by atomic mass is 15.3. The van der Waals surface area contributed by atoms with Crippen LogP contribution in [0.2, 0.25) is 0 Å². The van der Waals surface area contributed by atoms with Crippen LogP contribution in [0.4, 0.5) is 0 Å². The number of rotatable bonds is 9. The maximum Gasteiger partial charge on any atom is 0.164 e. The average Bonchev–Trinajstić information content (AvgIpc) is 4.23. The molecule has 5 aromatic heterocycles. The van der Waals surface area contributed by atoms with Crippen LogP contribution < -0.4 is 0 Å². The maximum atomic E-state index is 5.15. The van der Waals surface area contributed by atoms with Gasteiger partial charge in [0, 0.05) is 72.3 Å². The first-order valence-corrected chi connectivity index (χ1v) is 26.9. The smallest absolute Gasteiger partial charge is 0.164 e. The Hall–Kier alpha value is -11.0. The Morgan fingerprint density at radius 1 is 0.250 bits per heavy atom. The van der Waals surface area contributed by atoms with E-state index in [1.54, 1.807) is 0 Å². The van der Waals surface area contributed by atoms with E-state index in [0.29, 0.717) is 17.5 Å². The second kappa shape index (κ2) is 18.4. The fraction of sp³-hybridized carbons (Fsp3) is 0. The molecule has 0 aliphatic rings. The number of benzene rings is 11. The van der Waals surface area contributed by atoms with Gasteiger partial charge in [-0.05, 0) is 119 Å². The number of fused-ring (bicyclic) bond motifs is 10. The predicted octanol–water partition coefficient (Wildman–Crippen LogP) is 17.7. The molecule has 0 saturated carbocycles. The lowest BCUT2D eigenvalue weighted by molar-refractivity contribution is 0.911. The largest absolute Gasteiger partial charge is 0.316 e. The molecule has 0 N–H and O–H groups in total. The minimum atomic E-state index is 0.595. The summed E-state index contributed by atoms with van der Waals surface area (Å²) in [6.07, 6.45) is 4.22. The van der Waals surface area contributed by atoms with Gasteiger partial charge >= 0.3 is 0 Å². The second-order valence-corrected chi connectivity index (χ2v) is 20.3. The van der Waals surface area contributed by atoms with E-state index >= 15 is 0 Å². The van der Waals surface area contributed by atoms with Gasteiger partial charge in [0.2, 0.25) is 0 Å². The van der Waals surface area contributed by atoms with Crippen molar-refractivity contribution in [2.75, 3.05) is 0 Å². The van der Waals surface area contributed by atoms with Crippen molar-refractivity contribution < 1.29 is 0 Å². The zero-order valence-corrected chi connectivity index (χ0v) is 43.1. The molecule has 0 aliphatic heterocycles. The standard InChI is InChI=1S/C72H46N8/c1-6-18-47(19-7-1)50-24-16-31-57(42-50)80-67-39-35-59-62-45-52(51-32-36-65-61(44-51)58-34-38-64-60(40-41-77(64)54-26-12-4-13-27-54)68(58)78(65)55-28-14-5-15-29-55)33-37-66(62)79(69(59)63(67)46-73-80)56-30-17-25-53(43-56)72-75-70(48-20-8-2-9-21-48)74-71(76-72)49-22-10-3-11-23-49/h1-46H. The van der Waals surface area contributed by atoms with Crippen molar-refractivity contribution in [1.29, 1.82) is 0 Å². The average molecular weight is 1020 g/mol. The minimum Gasteiger partial charge on any atom is -0.316 e. The van der Waals surface area contributed by atoms with Crippen molar-refractivity contribution >= 4 is 65.4 Å². The molecular weight excluding hydrogens is 977 g/mol. The van der Waals surface area contributed by atoms with Gasteiger partial charge in [0.15, 0.2) is 17.5 Å². The summed E-state index contributed by atoms with van der Waals surface area (Å²) in [6, 6.07) is 94.6. The zero-order valence-electron chi connectivity index (χ0n) is 43.1.